The van der Waals surface area contributed by atoms with E-state index in [9.17, 15) is 8.42 Å². The van der Waals surface area contributed by atoms with Crippen molar-refractivity contribution in [3.8, 4) is 5.75 Å². The van der Waals surface area contributed by atoms with Gasteiger partial charge in [0, 0.05) is 35.3 Å². The number of para-hydroxylation sites is 2. The van der Waals surface area contributed by atoms with E-state index < -0.39 is 15.1 Å². The summed E-state index contributed by atoms with van der Waals surface area (Å²) in [7, 11) is -0.227. The molecular weight excluding hydrogens is 382 g/mol. The molecule has 1 atom stereocenters. The largest absolute Gasteiger partial charge is 0.496 e. The first-order valence-corrected chi connectivity index (χ1v) is 11.0. The highest BCUT2D eigenvalue weighted by molar-refractivity contribution is 7.92. The normalized spacial score (nSPS) is 12.8. The lowest BCUT2D eigenvalue weighted by atomic mass is 10.0. The molecule has 148 valence electrons. The van der Waals surface area contributed by atoms with Crippen LogP contribution in [-0.2, 0) is 16.9 Å². The Labute approximate surface area is 171 Å². The van der Waals surface area contributed by atoms with Crippen LogP contribution in [0, 0.1) is 6.92 Å². The van der Waals surface area contributed by atoms with Crippen molar-refractivity contribution < 1.29 is 13.2 Å². The molecule has 4 aromatic rings. The fourth-order valence-electron chi connectivity index (χ4n) is 3.83. The summed E-state index contributed by atoms with van der Waals surface area (Å²) in [5.41, 5.74) is 3.38. The summed E-state index contributed by atoms with van der Waals surface area (Å²) in [4.78, 5) is 0.298. The van der Waals surface area contributed by atoms with E-state index in [1.165, 1.54) is 0 Å². The van der Waals surface area contributed by atoms with Gasteiger partial charge in [-0.15, -0.1) is 0 Å². The first-order valence-electron chi connectivity index (χ1n) is 9.41. The summed E-state index contributed by atoms with van der Waals surface area (Å²) in [5, 5.41) is 0.0362. The molecule has 0 aliphatic rings. The molecule has 1 unspecified atom stereocenters. The summed E-state index contributed by atoms with van der Waals surface area (Å²) in [6.45, 7) is 1.94. The van der Waals surface area contributed by atoms with Crippen molar-refractivity contribution in [2.75, 3.05) is 7.11 Å². The van der Waals surface area contributed by atoms with Gasteiger partial charge in [-0.3, -0.25) is 0 Å². The molecule has 0 fully saturated rings. The molecule has 0 aliphatic heterocycles. The number of sulfone groups is 1. The van der Waals surface area contributed by atoms with Crippen LogP contribution in [0.25, 0.3) is 10.9 Å². The first kappa shape index (κ1) is 19.3. The molecule has 4 rings (SSSR count). The van der Waals surface area contributed by atoms with Crippen molar-refractivity contribution in [1.82, 2.24) is 4.57 Å². The maximum Gasteiger partial charge on any atom is 0.189 e. The van der Waals surface area contributed by atoms with Crippen LogP contribution in [0.2, 0.25) is 0 Å². The van der Waals surface area contributed by atoms with E-state index in [-0.39, 0.29) is 0 Å². The van der Waals surface area contributed by atoms with Crippen LogP contribution in [0.15, 0.2) is 83.9 Å². The quantitative estimate of drug-likeness (QED) is 0.466. The summed E-state index contributed by atoms with van der Waals surface area (Å²) in [6.07, 6.45) is 1.91. The van der Waals surface area contributed by atoms with Crippen LogP contribution in [0.3, 0.4) is 0 Å². The molecule has 0 saturated carbocycles. The molecule has 0 saturated heterocycles. The molecule has 29 heavy (non-hydrogen) atoms. The zero-order chi connectivity index (χ0) is 20.6. The molecule has 0 amide bonds. The predicted octanol–water partition coefficient (Wildman–Crippen LogP) is 5.06. The van der Waals surface area contributed by atoms with E-state index in [2.05, 4.69) is 0 Å². The average molecular weight is 406 g/mol. The van der Waals surface area contributed by atoms with Crippen LogP contribution in [0.5, 0.6) is 5.75 Å². The highest BCUT2D eigenvalue weighted by Crippen LogP contribution is 2.42. The molecule has 1 heterocycles. The van der Waals surface area contributed by atoms with Crippen molar-refractivity contribution in [1.29, 1.82) is 0 Å². The third-order valence-electron chi connectivity index (χ3n) is 5.29. The van der Waals surface area contributed by atoms with Crippen molar-refractivity contribution in [3.63, 3.8) is 0 Å². The van der Waals surface area contributed by atoms with Gasteiger partial charge in [0.15, 0.2) is 9.84 Å². The first-order chi connectivity index (χ1) is 13.9. The second-order valence-corrected chi connectivity index (χ2v) is 9.23. The van der Waals surface area contributed by atoms with E-state index in [4.69, 9.17) is 4.74 Å². The van der Waals surface area contributed by atoms with Crippen molar-refractivity contribution >= 4 is 20.7 Å². The Morgan fingerprint density at radius 3 is 2.24 bits per heavy atom. The van der Waals surface area contributed by atoms with Crippen LogP contribution < -0.4 is 4.74 Å². The van der Waals surface area contributed by atoms with Gasteiger partial charge >= 0.3 is 0 Å². The monoisotopic (exact) mass is 405 g/mol. The van der Waals surface area contributed by atoms with Gasteiger partial charge in [0.25, 0.3) is 0 Å². The van der Waals surface area contributed by atoms with Gasteiger partial charge in [-0.05, 0) is 31.2 Å². The minimum absolute atomic E-state index is 0.298. The lowest BCUT2D eigenvalue weighted by molar-refractivity contribution is 0.409. The van der Waals surface area contributed by atoms with Crippen LogP contribution in [-0.4, -0.2) is 20.1 Å². The van der Waals surface area contributed by atoms with Crippen LogP contribution >= 0.6 is 0 Å². The fourth-order valence-corrected chi connectivity index (χ4v) is 5.67. The molecule has 0 spiro atoms. The Kier molecular flexibility index (Phi) is 4.92. The summed E-state index contributed by atoms with van der Waals surface area (Å²) < 4.78 is 35.3. The number of methoxy groups -OCH3 is 1. The van der Waals surface area contributed by atoms with Crippen molar-refractivity contribution in [2.45, 2.75) is 17.1 Å². The lowest BCUT2D eigenvalue weighted by Gasteiger charge is -2.20. The molecule has 0 N–H and O–H groups in total. The van der Waals surface area contributed by atoms with Crippen LogP contribution in [0.1, 0.15) is 21.9 Å². The number of benzene rings is 3. The van der Waals surface area contributed by atoms with Gasteiger partial charge < -0.3 is 9.30 Å². The molecule has 5 heteroatoms. The lowest BCUT2D eigenvalue weighted by Crippen LogP contribution is -2.16. The number of fused-ring (bicyclic) bond motifs is 1. The molecular formula is C24H23NO3S. The van der Waals surface area contributed by atoms with Crippen LogP contribution in [0.4, 0.5) is 0 Å². The van der Waals surface area contributed by atoms with Gasteiger partial charge in [-0.2, -0.15) is 0 Å². The number of hydrogen-bond donors (Lipinski definition) is 0. The zero-order valence-corrected chi connectivity index (χ0v) is 17.5. The zero-order valence-electron chi connectivity index (χ0n) is 16.7. The number of hydrogen-bond acceptors (Lipinski definition) is 3. The number of nitrogens with zero attached hydrogens (tertiary/aromatic N) is 1. The minimum atomic E-state index is -3.73. The Balaban J connectivity index is 2.04. The molecule has 4 nitrogen and oxygen atoms in total. The van der Waals surface area contributed by atoms with E-state index >= 15 is 0 Å². The number of aryl methyl sites for hydroxylation is 2. The standard InChI is InChI=1S/C24H23NO3S/c1-17-12-14-18(15-13-17)29(26,27)24(20-9-5-7-11-23(20)28-3)21-16-25(2)22-10-6-4-8-19(21)22/h4-16,24H,1-3H3. The number of ether oxygens (including phenoxy) is 1. The SMILES string of the molecule is COc1ccccc1C(c1cn(C)c2ccccc12)S(=O)(=O)c1ccc(C)cc1. The predicted molar refractivity (Wildman–Crippen MR) is 116 cm³/mol. The third kappa shape index (κ3) is 3.32. The van der Waals surface area contributed by atoms with E-state index in [0.717, 1.165) is 22.0 Å². The van der Waals surface area contributed by atoms with Crippen molar-refractivity contribution in [3.05, 3.63) is 95.7 Å². The summed E-state index contributed by atoms with van der Waals surface area (Å²) >= 11 is 0. The van der Waals surface area contributed by atoms with Gasteiger partial charge in [-0.1, -0.05) is 54.1 Å². The molecule has 3 aromatic carbocycles. The highest BCUT2D eigenvalue weighted by atomic mass is 32.2. The molecule has 0 aliphatic carbocycles. The molecule has 0 radical (unpaired) electrons. The molecule has 1 aromatic heterocycles. The maximum absolute atomic E-state index is 13.9. The Bertz CT molecular complexity index is 1270. The average Bonchev–Trinajstić information content (AvgIpc) is 3.05. The van der Waals surface area contributed by atoms with E-state index in [1.54, 1.807) is 25.3 Å². The topological polar surface area (TPSA) is 48.3 Å². The highest BCUT2D eigenvalue weighted by Gasteiger charge is 2.35. The second-order valence-electron chi connectivity index (χ2n) is 7.19. The smallest absolute Gasteiger partial charge is 0.189 e. The second kappa shape index (κ2) is 7.41. The minimum Gasteiger partial charge on any atom is -0.496 e. The number of aromatic nitrogens is 1. The van der Waals surface area contributed by atoms with Gasteiger partial charge in [0.05, 0.1) is 12.0 Å². The summed E-state index contributed by atoms with van der Waals surface area (Å²) in [6, 6.07) is 22.2. The fraction of sp³-hybridized carbons (Fsp3) is 0.167. The third-order valence-corrected chi connectivity index (χ3v) is 7.35. The molecule has 0 bridgehead atoms. The van der Waals surface area contributed by atoms with Crippen molar-refractivity contribution in [2.24, 2.45) is 7.05 Å². The van der Waals surface area contributed by atoms with E-state index in [1.807, 2.05) is 79.3 Å². The summed E-state index contributed by atoms with van der Waals surface area (Å²) in [5.74, 6) is 0.557. The van der Waals surface area contributed by atoms with Gasteiger partial charge in [-0.25, -0.2) is 8.42 Å². The van der Waals surface area contributed by atoms with Gasteiger partial charge in [0.2, 0.25) is 0 Å². The Morgan fingerprint density at radius 1 is 0.862 bits per heavy atom. The Hall–Kier alpha value is -3.05. The van der Waals surface area contributed by atoms with Gasteiger partial charge in [0.1, 0.15) is 11.0 Å². The van der Waals surface area contributed by atoms with E-state index in [0.29, 0.717) is 16.2 Å². The number of rotatable bonds is 5. The Morgan fingerprint density at radius 2 is 1.52 bits per heavy atom. The maximum atomic E-state index is 13.9.